The second-order valence-electron chi connectivity index (χ2n) is 6.57. The van der Waals surface area contributed by atoms with Crippen LogP contribution in [0.3, 0.4) is 0 Å². The number of amides is 1. The Bertz CT molecular complexity index is 770. The molecule has 0 aromatic heterocycles. The van der Waals surface area contributed by atoms with Crippen molar-refractivity contribution in [2.24, 2.45) is 0 Å². The van der Waals surface area contributed by atoms with E-state index in [1.165, 1.54) is 0 Å². The van der Waals surface area contributed by atoms with Gasteiger partial charge in [0.15, 0.2) is 0 Å². The van der Waals surface area contributed by atoms with E-state index in [2.05, 4.69) is 17.9 Å². The summed E-state index contributed by atoms with van der Waals surface area (Å²) in [7, 11) is 0. The number of alkyl carbamates (subject to hydrolysis) is 1. The van der Waals surface area contributed by atoms with Crippen molar-refractivity contribution >= 4 is 46.2 Å². The fourth-order valence-corrected chi connectivity index (χ4v) is 2.62. The van der Waals surface area contributed by atoms with Crippen molar-refractivity contribution in [3.63, 3.8) is 0 Å². The molecule has 0 spiro atoms. The summed E-state index contributed by atoms with van der Waals surface area (Å²) >= 11 is 9.85. The third kappa shape index (κ3) is 5.42. The summed E-state index contributed by atoms with van der Waals surface area (Å²) in [6.45, 7) is 5.29. The van der Waals surface area contributed by atoms with Crippen molar-refractivity contribution in [1.29, 1.82) is 0 Å². The van der Waals surface area contributed by atoms with E-state index in [0.717, 1.165) is 16.3 Å². The number of halogens is 1. The predicted molar refractivity (Wildman–Crippen MR) is 99.8 cm³/mol. The lowest BCUT2D eigenvalue weighted by atomic mass is 10.0. The average molecular weight is 366 g/mol. The van der Waals surface area contributed by atoms with E-state index in [1.807, 2.05) is 36.4 Å². The summed E-state index contributed by atoms with van der Waals surface area (Å²) in [6.07, 6.45) is -0.303. The number of hydrogen-bond acceptors (Lipinski definition) is 3. The van der Waals surface area contributed by atoms with Crippen LogP contribution in [0.15, 0.2) is 36.4 Å². The van der Waals surface area contributed by atoms with Crippen LogP contribution >= 0.6 is 24.2 Å². The van der Waals surface area contributed by atoms with E-state index < -0.39 is 22.9 Å². The molecular formula is C18H20ClNO3S. The largest absolute Gasteiger partial charge is 0.444 e. The second kappa shape index (κ2) is 7.45. The monoisotopic (exact) mass is 365 g/mol. The molecule has 0 radical (unpaired) electrons. The molecule has 2 rings (SSSR count). The van der Waals surface area contributed by atoms with E-state index in [-0.39, 0.29) is 0 Å². The molecule has 2 aromatic carbocycles. The molecule has 0 saturated heterocycles. The van der Waals surface area contributed by atoms with Gasteiger partial charge in [-0.25, -0.2) is 4.79 Å². The van der Waals surface area contributed by atoms with Crippen molar-refractivity contribution in [2.75, 3.05) is 0 Å². The molecule has 0 aliphatic carbocycles. The molecule has 4 nitrogen and oxygen atoms in total. The second-order valence-corrected chi connectivity index (χ2v) is 7.44. The maximum atomic E-state index is 11.9. The zero-order valence-corrected chi connectivity index (χ0v) is 15.4. The number of thiol groups is 1. The van der Waals surface area contributed by atoms with Gasteiger partial charge in [-0.05, 0) is 49.2 Å². The quantitative estimate of drug-likeness (QED) is 0.790. The summed E-state index contributed by atoms with van der Waals surface area (Å²) in [5.41, 5.74) is 0.282. The highest BCUT2D eigenvalue weighted by atomic mass is 35.5. The summed E-state index contributed by atoms with van der Waals surface area (Å²) in [4.78, 5) is 23.6. The lowest BCUT2D eigenvalue weighted by Crippen LogP contribution is -2.43. The maximum Gasteiger partial charge on any atom is 0.408 e. The van der Waals surface area contributed by atoms with Crippen LogP contribution in [-0.2, 0) is 16.0 Å². The topological polar surface area (TPSA) is 55.4 Å². The van der Waals surface area contributed by atoms with Gasteiger partial charge in [-0.3, -0.25) is 4.79 Å². The normalized spacial score (nSPS) is 12.7. The molecule has 1 atom stereocenters. The van der Waals surface area contributed by atoms with Crippen LogP contribution < -0.4 is 5.32 Å². The third-order valence-electron chi connectivity index (χ3n) is 3.30. The Morgan fingerprint density at radius 2 is 1.79 bits per heavy atom. The number of nitrogens with one attached hydrogen (secondary N) is 1. The van der Waals surface area contributed by atoms with Crippen molar-refractivity contribution in [3.8, 4) is 0 Å². The van der Waals surface area contributed by atoms with Crippen LogP contribution in [-0.4, -0.2) is 22.9 Å². The SMILES string of the molecule is CC(C)(C)OC(=O)N[C@@H](Cc1ccc2cc(Cl)ccc2c1)C(=O)S. The summed E-state index contributed by atoms with van der Waals surface area (Å²) in [5.74, 6) is 0. The molecule has 0 aliphatic rings. The molecule has 128 valence electrons. The van der Waals surface area contributed by atoms with Gasteiger partial charge in [0, 0.05) is 11.4 Å². The number of ether oxygens (including phenoxy) is 1. The smallest absolute Gasteiger partial charge is 0.408 e. The van der Waals surface area contributed by atoms with Crippen molar-refractivity contribution in [1.82, 2.24) is 5.32 Å². The van der Waals surface area contributed by atoms with E-state index in [1.54, 1.807) is 20.8 Å². The van der Waals surface area contributed by atoms with Gasteiger partial charge in [0.1, 0.15) is 11.6 Å². The van der Waals surface area contributed by atoms with Crippen molar-refractivity contribution < 1.29 is 14.3 Å². The molecule has 0 aliphatic heterocycles. The molecule has 0 saturated carbocycles. The zero-order valence-electron chi connectivity index (χ0n) is 13.8. The highest BCUT2D eigenvalue weighted by Gasteiger charge is 2.23. The van der Waals surface area contributed by atoms with Crippen molar-refractivity contribution in [3.05, 3.63) is 47.0 Å². The highest BCUT2D eigenvalue weighted by Crippen LogP contribution is 2.21. The lowest BCUT2D eigenvalue weighted by Gasteiger charge is -2.22. The standard InChI is InChI=1S/C18H20ClNO3S/c1-18(2,3)23-17(22)20-15(16(21)24)9-11-4-5-13-10-14(19)7-6-12(13)8-11/h4-8,10,15H,9H2,1-3H3,(H,20,22)(H,21,24)/t15-/m0/s1. The lowest BCUT2D eigenvalue weighted by molar-refractivity contribution is -0.112. The Kier molecular flexibility index (Phi) is 5.78. The Balaban J connectivity index is 2.14. The van der Waals surface area contributed by atoms with Gasteiger partial charge in [-0.1, -0.05) is 35.9 Å². The van der Waals surface area contributed by atoms with Crippen molar-refractivity contribution in [2.45, 2.75) is 38.8 Å². The fourth-order valence-electron chi connectivity index (χ4n) is 2.28. The minimum atomic E-state index is -0.757. The van der Waals surface area contributed by atoms with E-state index in [4.69, 9.17) is 16.3 Å². The maximum absolute atomic E-state index is 11.9. The first-order chi connectivity index (χ1) is 11.1. The molecule has 1 amide bonds. The Morgan fingerprint density at radius 3 is 2.42 bits per heavy atom. The number of carbonyl (C=O) groups is 2. The van der Waals surface area contributed by atoms with Crippen LogP contribution in [0.2, 0.25) is 5.02 Å². The van der Waals surface area contributed by atoms with Crippen LogP contribution in [0.1, 0.15) is 26.3 Å². The van der Waals surface area contributed by atoms with Gasteiger partial charge < -0.3 is 10.1 Å². The van der Waals surface area contributed by atoms with E-state index in [9.17, 15) is 9.59 Å². The zero-order chi connectivity index (χ0) is 17.9. The molecular weight excluding hydrogens is 346 g/mol. The Hall–Kier alpha value is -1.72. The molecule has 24 heavy (non-hydrogen) atoms. The minimum Gasteiger partial charge on any atom is -0.444 e. The van der Waals surface area contributed by atoms with Crippen LogP contribution in [0.25, 0.3) is 10.8 Å². The first-order valence-corrected chi connectivity index (χ1v) is 8.37. The van der Waals surface area contributed by atoms with Crippen LogP contribution in [0.4, 0.5) is 4.79 Å². The summed E-state index contributed by atoms with van der Waals surface area (Å²) < 4.78 is 5.19. The van der Waals surface area contributed by atoms with Gasteiger partial charge in [0.05, 0.1) is 0 Å². The molecule has 0 fully saturated rings. The fraction of sp³-hybridized carbons (Fsp3) is 0.333. The molecule has 0 bridgehead atoms. The summed E-state index contributed by atoms with van der Waals surface area (Å²) in [5, 5.41) is 4.85. The molecule has 1 N–H and O–H groups in total. The third-order valence-corrected chi connectivity index (χ3v) is 3.84. The van der Waals surface area contributed by atoms with Gasteiger partial charge in [0.25, 0.3) is 0 Å². The molecule has 0 unspecified atom stereocenters. The number of hydrogen-bond donors (Lipinski definition) is 2. The van der Waals surface area contributed by atoms with Crippen LogP contribution in [0, 0.1) is 0 Å². The molecule has 2 aromatic rings. The van der Waals surface area contributed by atoms with Gasteiger partial charge in [-0.15, -0.1) is 12.6 Å². The van der Waals surface area contributed by atoms with E-state index in [0.29, 0.717) is 11.4 Å². The molecule has 0 heterocycles. The van der Waals surface area contributed by atoms with Crippen LogP contribution in [0.5, 0.6) is 0 Å². The highest BCUT2D eigenvalue weighted by molar-refractivity contribution is 7.96. The predicted octanol–water partition coefficient (Wildman–Crippen LogP) is 4.39. The first kappa shape index (κ1) is 18.6. The number of carbonyl (C=O) groups excluding carboxylic acids is 2. The van der Waals surface area contributed by atoms with Gasteiger partial charge in [0.2, 0.25) is 5.12 Å². The first-order valence-electron chi connectivity index (χ1n) is 7.54. The van der Waals surface area contributed by atoms with Gasteiger partial charge in [-0.2, -0.15) is 0 Å². The minimum absolute atomic E-state index is 0.333. The Morgan fingerprint density at radius 1 is 1.17 bits per heavy atom. The number of benzene rings is 2. The molecule has 6 heteroatoms. The average Bonchev–Trinajstić information content (AvgIpc) is 2.44. The summed E-state index contributed by atoms with van der Waals surface area (Å²) in [6, 6.07) is 10.7. The Labute approximate surface area is 151 Å². The van der Waals surface area contributed by atoms with E-state index >= 15 is 0 Å². The number of rotatable bonds is 4. The van der Waals surface area contributed by atoms with Gasteiger partial charge >= 0.3 is 6.09 Å². The number of fused-ring (bicyclic) bond motifs is 1.